The summed E-state index contributed by atoms with van der Waals surface area (Å²) in [5, 5.41) is 0. The quantitative estimate of drug-likeness (QED) is 0.632. The lowest BCUT2D eigenvalue weighted by molar-refractivity contribution is -0.151. The van der Waals surface area contributed by atoms with Crippen LogP contribution in [0, 0.1) is 5.92 Å². The lowest BCUT2D eigenvalue weighted by Crippen LogP contribution is -2.34. The Bertz CT molecular complexity index is 816. The molecule has 0 radical (unpaired) electrons. The number of nitrogens with zero attached hydrogens (tertiary/aromatic N) is 1. The van der Waals surface area contributed by atoms with Crippen LogP contribution in [0.2, 0.25) is 0 Å². The van der Waals surface area contributed by atoms with Crippen LogP contribution in [-0.4, -0.2) is 24.1 Å². The largest absolute Gasteiger partial charge is 0.425 e. The summed E-state index contributed by atoms with van der Waals surface area (Å²) < 4.78 is 5.16. The number of carbonyl (C=O) groups is 3. The predicted molar refractivity (Wildman–Crippen MR) is 89.9 cm³/mol. The molecule has 3 rings (SSSR count). The molecular weight excluding hydrogens is 306 g/mol. The van der Waals surface area contributed by atoms with Crippen molar-refractivity contribution in [3.8, 4) is 0 Å². The summed E-state index contributed by atoms with van der Waals surface area (Å²) in [6, 6.07) is 7.96. The van der Waals surface area contributed by atoms with E-state index in [9.17, 15) is 14.4 Å². The van der Waals surface area contributed by atoms with E-state index in [1.165, 1.54) is 13.0 Å². The molecule has 0 amide bonds. The maximum absolute atomic E-state index is 12.0. The van der Waals surface area contributed by atoms with Crippen LogP contribution in [0.4, 0.5) is 5.69 Å². The van der Waals surface area contributed by atoms with Crippen molar-refractivity contribution in [2.75, 3.05) is 11.4 Å². The Kier molecular flexibility index (Phi) is 4.16. The summed E-state index contributed by atoms with van der Waals surface area (Å²) in [5.41, 5.74) is 2.95. The van der Waals surface area contributed by atoms with Crippen molar-refractivity contribution in [1.29, 1.82) is 0 Å². The minimum atomic E-state index is -1.34. The SMILES string of the molecule is CCN1/C(=C/C2=CC(=O)C(C(C)=O)C(=O)O2)C=Cc2ccccc21. The summed E-state index contributed by atoms with van der Waals surface area (Å²) in [4.78, 5) is 37.3. The van der Waals surface area contributed by atoms with Gasteiger partial charge in [0.05, 0.1) is 0 Å². The fourth-order valence-corrected chi connectivity index (χ4v) is 2.88. The number of hydrogen-bond acceptors (Lipinski definition) is 5. The second-order valence-electron chi connectivity index (χ2n) is 5.62. The number of allylic oxidation sites excluding steroid dienone is 3. The Hall–Kier alpha value is -2.95. The van der Waals surface area contributed by atoms with Crippen molar-refractivity contribution in [3.05, 3.63) is 59.5 Å². The van der Waals surface area contributed by atoms with Crippen molar-refractivity contribution < 1.29 is 19.1 Å². The van der Waals surface area contributed by atoms with E-state index in [0.29, 0.717) is 0 Å². The number of hydrogen-bond donors (Lipinski definition) is 0. The van der Waals surface area contributed by atoms with Crippen LogP contribution in [0.15, 0.2) is 53.9 Å². The normalized spacial score (nSPS) is 21.4. The van der Waals surface area contributed by atoms with Crippen molar-refractivity contribution >= 4 is 29.3 Å². The van der Waals surface area contributed by atoms with Crippen molar-refractivity contribution in [2.24, 2.45) is 5.92 Å². The molecule has 0 fully saturated rings. The number of anilines is 1. The number of cyclic esters (lactones) is 1. The first-order chi connectivity index (χ1) is 11.5. The fourth-order valence-electron chi connectivity index (χ4n) is 2.88. The smallest absolute Gasteiger partial charge is 0.329 e. The first kappa shape index (κ1) is 15.9. The summed E-state index contributed by atoms with van der Waals surface area (Å²) in [6.07, 6.45) is 6.73. The van der Waals surface area contributed by atoms with Crippen LogP contribution in [0.3, 0.4) is 0 Å². The zero-order valence-electron chi connectivity index (χ0n) is 13.5. The van der Waals surface area contributed by atoms with Gasteiger partial charge in [-0.25, -0.2) is 0 Å². The number of Topliss-reactive ketones (excluding diaryl/α,β-unsaturated/α-hetero) is 1. The number of esters is 1. The Morgan fingerprint density at radius 3 is 2.67 bits per heavy atom. The van der Waals surface area contributed by atoms with Gasteiger partial charge in [-0.2, -0.15) is 0 Å². The molecule has 2 heterocycles. The van der Waals surface area contributed by atoms with Gasteiger partial charge in [-0.3, -0.25) is 14.4 Å². The third kappa shape index (κ3) is 2.80. The van der Waals surface area contributed by atoms with Gasteiger partial charge in [0.2, 0.25) is 0 Å². The average Bonchev–Trinajstić information content (AvgIpc) is 2.53. The molecule has 2 aliphatic rings. The molecule has 0 saturated heterocycles. The third-order valence-electron chi connectivity index (χ3n) is 4.01. The van der Waals surface area contributed by atoms with Gasteiger partial charge in [0.1, 0.15) is 5.76 Å². The minimum absolute atomic E-state index is 0.153. The van der Waals surface area contributed by atoms with Crippen molar-refractivity contribution in [1.82, 2.24) is 0 Å². The van der Waals surface area contributed by atoms with Crippen LogP contribution in [0.5, 0.6) is 0 Å². The Labute approximate surface area is 139 Å². The van der Waals surface area contributed by atoms with Crippen molar-refractivity contribution in [3.63, 3.8) is 0 Å². The number of likely N-dealkylation sites (N-methyl/N-ethyl adjacent to an activating group) is 1. The number of carbonyl (C=O) groups excluding carboxylic acids is 3. The molecule has 1 atom stereocenters. The molecule has 1 aromatic rings. The number of ketones is 2. The minimum Gasteiger partial charge on any atom is -0.425 e. The van der Waals surface area contributed by atoms with Crippen LogP contribution in [-0.2, 0) is 19.1 Å². The van der Waals surface area contributed by atoms with Crippen LogP contribution in [0.1, 0.15) is 19.4 Å². The first-order valence-corrected chi connectivity index (χ1v) is 7.75. The summed E-state index contributed by atoms with van der Waals surface area (Å²) in [6.45, 7) is 3.95. The van der Waals surface area contributed by atoms with Gasteiger partial charge in [-0.15, -0.1) is 0 Å². The summed E-state index contributed by atoms with van der Waals surface area (Å²) in [5.74, 6) is -3.04. The highest BCUT2D eigenvalue weighted by molar-refractivity contribution is 6.21. The maximum Gasteiger partial charge on any atom is 0.329 e. The molecule has 5 heteroatoms. The number of para-hydroxylation sites is 1. The summed E-state index contributed by atoms with van der Waals surface area (Å²) >= 11 is 0. The zero-order valence-corrected chi connectivity index (χ0v) is 13.5. The van der Waals surface area contributed by atoms with Gasteiger partial charge in [-0.1, -0.05) is 24.3 Å². The van der Waals surface area contributed by atoms with E-state index in [2.05, 4.69) is 4.90 Å². The average molecular weight is 323 g/mol. The Morgan fingerprint density at radius 2 is 2.00 bits per heavy atom. The number of ether oxygens (including phenoxy) is 1. The molecule has 1 aromatic carbocycles. The van der Waals surface area contributed by atoms with E-state index in [-0.39, 0.29) is 5.76 Å². The van der Waals surface area contributed by atoms with E-state index in [0.717, 1.165) is 23.5 Å². The van der Waals surface area contributed by atoms with Gasteiger partial charge >= 0.3 is 5.97 Å². The molecule has 0 spiro atoms. The second-order valence-corrected chi connectivity index (χ2v) is 5.62. The Morgan fingerprint density at radius 1 is 1.25 bits per heavy atom. The van der Waals surface area contributed by atoms with E-state index in [1.807, 2.05) is 43.3 Å². The van der Waals surface area contributed by atoms with Crippen molar-refractivity contribution in [2.45, 2.75) is 13.8 Å². The molecule has 0 aliphatic carbocycles. The number of fused-ring (bicyclic) bond motifs is 1. The molecule has 0 bridgehead atoms. The molecule has 2 aliphatic heterocycles. The zero-order chi connectivity index (χ0) is 17.3. The predicted octanol–water partition coefficient (Wildman–Crippen LogP) is 2.64. The maximum atomic E-state index is 12.0. The van der Waals surface area contributed by atoms with Gasteiger partial charge in [0, 0.05) is 30.1 Å². The van der Waals surface area contributed by atoms with E-state index in [4.69, 9.17) is 4.74 Å². The number of benzene rings is 1. The standard InChI is InChI=1S/C19H17NO4/c1-3-20-14(9-8-13-6-4-5-7-16(13)20)10-15-11-17(22)18(12(2)21)19(23)24-15/h4-11,18H,3H2,1-2H3/b14-10+. The molecule has 0 saturated carbocycles. The molecule has 24 heavy (non-hydrogen) atoms. The molecule has 1 unspecified atom stereocenters. The van der Waals surface area contributed by atoms with Crippen LogP contribution < -0.4 is 4.90 Å². The molecule has 0 N–H and O–H groups in total. The molecule has 122 valence electrons. The van der Waals surface area contributed by atoms with E-state index in [1.54, 1.807) is 6.08 Å². The highest BCUT2D eigenvalue weighted by atomic mass is 16.5. The fraction of sp³-hybridized carbons (Fsp3) is 0.211. The molecule has 5 nitrogen and oxygen atoms in total. The topological polar surface area (TPSA) is 63.7 Å². The first-order valence-electron chi connectivity index (χ1n) is 7.75. The highest BCUT2D eigenvalue weighted by Crippen LogP contribution is 2.31. The Balaban J connectivity index is 1.95. The van der Waals surface area contributed by atoms with Gasteiger partial charge in [0.25, 0.3) is 0 Å². The van der Waals surface area contributed by atoms with E-state index >= 15 is 0 Å². The summed E-state index contributed by atoms with van der Waals surface area (Å²) in [7, 11) is 0. The third-order valence-corrected chi connectivity index (χ3v) is 4.01. The number of rotatable bonds is 3. The van der Waals surface area contributed by atoms with Gasteiger partial charge in [-0.05, 0) is 31.6 Å². The van der Waals surface area contributed by atoms with Crippen LogP contribution >= 0.6 is 0 Å². The lowest BCUT2D eigenvalue weighted by atomic mass is 9.97. The van der Waals surface area contributed by atoms with E-state index < -0.39 is 23.5 Å². The monoisotopic (exact) mass is 323 g/mol. The highest BCUT2D eigenvalue weighted by Gasteiger charge is 2.35. The molecular formula is C19H17NO4. The lowest BCUT2D eigenvalue weighted by Gasteiger charge is -2.29. The van der Waals surface area contributed by atoms with Gasteiger partial charge in [0.15, 0.2) is 17.5 Å². The van der Waals surface area contributed by atoms with Crippen LogP contribution in [0.25, 0.3) is 6.08 Å². The molecule has 0 aromatic heterocycles. The second kappa shape index (κ2) is 6.28. The van der Waals surface area contributed by atoms with Gasteiger partial charge < -0.3 is 9.64 Å².